The third-order valence-electron chi connectivity index (χ3n) is 4.02. The Hall–Kier alpha value is -1.97. The average molecular weight is 381 g/mol. The molecule has 0 aliphatic carbocycles. The van der Waals surface area contributed by atoms with Crippen molar-refractivity contribution in [1.82, 2.24) is 14.8 Å². The first-order valence-corrected chi connectivity index (χ1v) is 10.2. The van der Waals surface area contributed by atoms with E-state index in [9.17, 15) is 13.2 Å². The lowest BCUT2D eigenvalue weighted by atomic mass is 10.1. The van der Waals surface area contributed by atoms with E-state index in [0.29, 0.717) is 17.2 Å². The third-order valence-corrected chi connectivity index (χ3v) is 7.45. The number of amides is 1. The monoisotopic (exact) mass is 381 g/mol. The van der Waals surface area contributed by atoms with Crippen LogP contribution in [0.25, 0.3) is 10.6 Å². The summed E-state index contributed by atoms with van der Waals surface area (Å²) in [6.45, 7) is 4.14. The van der Waals surface area contributed by atoms with Gasteiger partial charge in [-0.3, -0.25) is 4.79 Å². The van der Waals surface area contributed by atoms with Crippen molar-refractivity contribution in [2.45, 2.75) is 29.5 Å². The first kappa shape index (κ1) is 17.8. The summed E-state index contributed by atoms with van der Waals surface area (Å²) >= 11 is 1.15. The Morgan fingerprint density at radius 2 is 2.24 bits per heavy atom. The Morgan fingerprint density at radius 3 is 2.96 bits per heavy atom. The largest absolute Gasteiger partial charge is 0.355 e. The van der Waals surface area contributed by atoms with E-state index in [4.69, 9.17) is 4.52 Å². The molecule has 25 heavy (non-hydrogen) atoms. The van der Waals surface area contributed by atoms with Crippen LogP contribution in [0.2, 0.25) is 0 Å². The molecule has 3 rings (SSSR count). The van der Waals surface area contributed by atoms with Crippen LogP contribution in [-0.2, 0) is 14.8 Å². The quantitative estimate of drug-likeness (QED) is 0.802. The number of nitrogens with one attached hydrogen (secondary N) is 1. The predicted octanol–water partition coefficient (Wildman–Crippen LogP) is 2.25. The number of hydrogen-bond acceptors (Lipinski definition) is 6. The number of aromatic nitrogens is 1. The molecule has 1 N–H and O–H groups in total. The summed E-state index contributed by atoms with van der Waals surface area (Å²) in [5, 5.41) is 6.45. The normalized spacial score (nSPS) is 19.3. The molecule has 0 radical (unpaired) electrons. The SMILES string of the molecule is C=CC(=O)NC1CCCCN(S(=O)(=O)c2ccc(-c3ccno3)s2)C1. The van der Waals surface area contributed by atoms with E-state index in [-0.39, 0.29) is 22.7 Å². The van der Waals surface area contributed by atoms with Gasteiger partial charge in [0.15, 0.2) is 5.76 Å². The van der Waals surface area contributed by atoms with Gasteiger partial charge in [-0.15, -0.1) is 11.3 Å². The molecule has 0 saturated carbocycles. The molecule has 1 unspecified atom stereocenters. The number of carbonyl (C=O) groups excluding carboxylic acids is 1. The average Bonchev–Trinajstić information content (AvgIpc) is 3.23. The molecular weight excluding hydrogens is 362 g/mol. The Kier molecular flexibility index (Phi) is 5.36. The van der Waals surface area contributed by atoms with Crippen LogP contribution < -0.4 is 5.32 Å². The second-order valence-electron chi connectivity index (χ2n) is 5.76. The minimum absolute atomic E-state index is 0.212. The summed E-state index contributed by atoms with van der Waals surface area (Å²) in [6.07, 6.45) is 5.10. The Morgan fingerprint density at radius 1 is 1.40 bits per heavy atom. The van der Waals surface area contributed by atoms with E-state index >= 15 is 0 Å². The maximum atomic E-state index is 13.0. The zero-order valence-corrected chi connectivity index (χ0v) is 15.2. The van der Waals surface area contributed by atoms with E-state index in [1.54, 1.807) is 18.2 Å². The molecule has 7 nitrogen and oxygen atoms in total. The van der Waals surface area contributed by atoms with Gasteiger partial charge in [-0.05, 0) is 31.1 Å². The predicted molar refractivity (Wildman–Crippen MR) is 94.6 cm³/mol. The molecule has 2 aromatic heterocycles. The van der Waals surface area contributed by atoms with Crippen LogP contribution >= 0.6 is 11.3 Å². The van der Waals surface area contributed by atoms with E-state index in [2.05, 4.69) is 17.1 Å². The zero-order chi connectivity index (χ0) is 17.9. The molecule has 1 atom stereocenters. The fraction of sp³-hybridized carbons (Fsp3) is 0.375. The van der Waals surface area contributed by atoms with Crippen LogP contribution in [-0.4, -0.2) is 42.9 Å². The summed E-state index contributed by atoms with van der Waals surface area (Å²) in [6, 6.07) is 4.78. The topological polar surface area (TPSA) is 92.5 Å². The second-order valence-corrected chi connectivity index (χ2v) is 9.01. The molecule has 1 aliphatic rings. The fourth-order valence-corrected chi connectivity index (χ4v) is 5.71. The van der Waals surface area contributed by atoms with Crippen LogP contribution in [0, 0.1) is 0 Å². The second kappa shape index (κ2) is 7.51. The summed E-state index contributed by atoms with van der Waals surface area (Å²) in [7, 11) is -3.62. The smallest absolute Gasteiger partial charge is 0.252 e. The van der Waals surface area contributed by atoms with Crippen molar-refractivity contribution >= 4 is 27.3 Å². The van der Waals surface area contributed by atoms with Crippen molar-refractivity contribution < 1.29 is 17.7 Å². The molecule has 1 aliphatic heterocycles. The molecule has 134 valence electrons. The van der Waals surface area contributed by atoms with E-state index < -0.39 is 10.0 Å². The van der Waals surface area contributed by atoms with Gasteiger partial charge in [-0.1, -0.05) is 18.2 Å². The highest BCUT2D eigenvalue weighted by molar-refractivity contribution is 7.91. The van der Waals surface area contributed by atoms with Gasteiger partial charge in [0.25, 0.3) is 10.0 Å². The molecule has 1 fully saturated rings. The number of rotatable bonds is 5. The van der Waals surface area contributed by atoms with Crippen LogP contribution in [0.3, 0.4) is 0 Å². The first-order valence-electron chi connectivity index (χ1n) is 7.94. The summed E-state index contributed by atoms with van der Waals surface area (Å²) in [5.41, 5.74) is 0. The minimum atomic E-state index is -3.62. The lowest BCUT2D eigenvalue weighted by molar-refractivity contribution is -0.117. The summed E-state index contributed by atoms with van der Waals surface area (Å²) in [4.78, 5) is 12.3. The van der Waals surface area contributed by atoms with Gasteiger partial charge < -0.3 is 9.84 Å². The maximum absolute atomic E-state index is 13.0. The van der Waals surface area contributed by atoms with Crippen LogP contribution in [0.5, 0.6) is 0 Å². The van der Waals surface area contributed by atoms with E-state index in [1.165, 1.54) is 16.6 Å². The van der Waals surface area contributed by atoms with E-state index in [1.807, 2.05) is 0 Å². The summed E-state index contributed by atoms with van der Waals surface area (Å²) < 4.78 is 32.7. The van der Waals surface area contributed by atoms with Gasteiger partial charge in [0.1, 0.15) is 4.21 Å². The van der Waals surface area contributed by atoms with Crippen molar-refractivity contribution in [2.24, 2.45) is 0 Å². The molecule has 0 aromatic carbocycles. The number of thiophene rings is 1. The molecule has 9 heteroatoms. The summed E-state index contributed by atoms with van der Waals surface area (Å²) in [5.74, 6) is 0.256. The van der Waals surface area contributed by atoms with Gasteiger partial charge >= 0.3 is 0 Å². The molecule has 1 amide bonds. The van der Waals surface area contributed by atoms with Gasteiger partial charge in [0.05, 0.1) is 11.1 Å². The van der Waals surface area contributed by atoms with Crippen LogP contribution in [0.1, 0.15) is 19.3 Å². The lowest BCUT2D eigenvalue weighted by Gasteiger charge is -2.23. The molecule has 3 heterocycles. The molecule has 0 bridgehead atoms. The van der Waals surface area contributed by atoms with Gasteiger partial charge in [-0.25, -0.2) is 8.42 Å². The highest BCUT2D eigenvalue weighted by Crippen LogP contribution is 2.32. The number of sulfonamides is 1. The van der Waals surface area contributed by atoms with E-state index in [0.717, 1.165) is 30.6 Å². The van der Waals surface area contributed by atoms with Crippen LogP contribution in [0.15, 0.2) is 45.8 Å². The highest BCUT2D eigenvalue weighted by atomic mass is 32.2. The molecular formula is C16H19N3O4S2. The fourth-order valence-electron chi connectivity index (χ4n) is 2.76. The third kappa shape index (κ3) is 4.00. The lowest BCUT2D eigenvalue weighted by Crippen LogP contribution is -2.44. The first-order chi connectivity index (χ1) is 12.0. The van der Waals surface area contributed by atoms with Crippen molar-refractivity contribution in [1.29, 1.82) is 0 Å². The standard InChI is InChI=1S/C16H19N3O4S2/c1-2-15(20)18-12-5-3-4-10-19(11-12)25(21,22)16-7-6-14(24-16)13-8-9-17-23-13/h2,6-9,12H,1,3-5,10-11H2,(H,18,20). The van der Waals surface area contributed by atoms with Gasteiger partial charge in [-0.2, -0.15) is 4.31 Å². The molecule has 2 aromatic rings. The number of hydrogen-bond donors (Lipinski definition) is 1. The maximum Gasteiger partial charge on any atom is 0.252 e. The molecule has 0 spiro atoms. The van der Waals surface area contributed by atoms with Crippen LogP contribution in [0.4, 0.5) is 0 Å². The Bertz CT molecular complexity index is 843. The van der Waals surface area contributed by atoms with Gasteiger partial charge in [0.2, 0.25) is 5.91 Å². The van der Waals surface area contributed by atoms with Crippen molar-refractivity contribution in [3.63, 3.8) is 0 Å². The zero-order valence-electron chi connectivity index (χ0n) is 13.6. The van der Waals surface area contributed by atoms with Gasteiger partial charge in [0, 0.05) is 25.2 Å². The van der Waals surface area contributed by atoms with Crippen molar-refractivity contribution in [3.05, 3.63) is 37.1 Å². The molecule has 1 saturated heterocycles. The Labute approximate surface area is 150 Å². The Balaban J connectivity index is 1.80. The highest BCUT2D eigenvalue weighted by Gasteiger charge is 2.30. The number of nitrogens with zero attached hydrogens (tertiary/aromatic N) is 2. The van der Waals surface area contributed by atoms with Crippen molar-refractivity contribution in [2.75, 3.05) is 13.1 Å². The van der Waals surface area contributed by atoms with Crippen molar-refractivity contribution in [3.8, 4) is 10.6 Å². The minimum Gasteiger partial charge on any atom is -0.355 e. The number of carbonyl (C=O) groups is 1.